The second-order valence-electron chi connectivity index (χ2n) is 5.78. The fourth-order valence-corrected chi connectivity index (χ4v) is 2.58. The van der Waals surface area contributed by atoms with Crippen molar-refractivity contribution in [2.45, 2.75) is 6.04 Å². The van der Waals surface area contributed by atoms with Crippen LogP contribution in [0.2, 0.25) is 0 Å². The lowest BCUT2D eigenvalue weighted by molar-refractivity contribution is 0.102. The SMILES string of the molecule is NC(=O)NC(c1cccnc1)c1cccc(NC(=O)c2ccc(N)cn2)c1. The molecule has 0 aliphatic heterocycles. The van der Waals surface area contributed by atoms with Crippen LogP contribution in [0, 0.1) is 0 Å². The number of primary amides is 1. The number of hydrogen-bond donors (Lipinski definition) is 4. The van der Waals surface area contributed by atoms with E-state index in [0.717, 1.165) is 11.1 Å². The van der Waals surface area contributed by atoms with Gasteiger partial charge >= 0.3 is 6.03 Å². The predicted molar refractivity (Wildman–Crippen MR) is 102 cm³/mol. The molecule has 0 spiro atoms. The fourth-order valence-electron chi connectivity index (χ4n) is 2.58. The molecule has 27 heavy (non-hydrogen) atoms. The molecule has 0 saturated carbocycles. The van der Waals surface area contributed by atoms with Crippen molar-refractivity contribution >= 4 is 23.3 Å². The molecule has 3 rings (SSSR count). The normalized spacial score (nSPS) is 11.4. The number of nitrogens with zero attached hydrogens (tertiary/aromatic N) is 2. The summed E-state index contributed by atoms with van der Waals surface area (Å²) in [5.74, 6) is -0.368. The molecule has 1 atom stereocenters. The van der Waals surface area contributed by atoms with Crippen LogP contribution in [0.4, 0.5) is 16.2 Å². The fraction of sp³-hybridized carbons (Fsp3) is 0.0526. The van der Waals surface area contributed by atoms with Gasteiger partial charge in [-0.25, -0.2) is 9.78 Å². The Morgan fingerprint density at radius 1 is 1.00 bits per heavy atom. The van der Waals surface area contributed by atoms with Crippen molar-refractivity contribution in [3.05, 3.63) is 83.9 Å². The van der Waals surface area contributed by atoms with E-state index in [9.17, 15) is 9.59 Å². The van der Waals surface area contributed by atoms with Crippen LogP contribution in [0.5, 0.6) is 0 Å². The minimum absolute atomic E-state index is 0.244. The molecule has 0 bridgehead atoms. The zero-order valence-electron chi connectivity index (χ0n) is 14.3. The number of carbonyl (C=O) groups is 2. The highest BCUT2D eigenvalue weighted by molar-refractivity contribution is 6.03. The van der Waals surface area contributed by atoms with E-state index in [0.29, 0.717) is 11.4 Å². The van der Waals surface area contributed by atoms with Crippen LogP contribution >= 0.6 is 0 Å². The highest BCUT2D eigenvalue weighted by Gasteiger charge is 2.17. The minimum atomic E-state index is -0.663. The van der Waals surface area contributed by atoms with Gasteiger partial charge in [-0.15, -0.1) is 0 Å². The van der Waals surface area contributed by atoms with Crippen molar-refractivity contribution in [2.75, 3.05) is 11.1 Å². The predicted octanol–water partition coefficient (Wildman–Crippen LogP) is 2.07. The number of amides is 3. The third-order valence-corrected chi connectivity index (χ3v) is 3.80. The molecule has 136 valence electrons. The first kappa shape index (κ1) is 17.9. The number of aromatic nitrogens is 2. The van der Waals surface area contributed by atoms with E-state index in [4.69, 9.17) is 11.5 Å². The van der Waals surface area contributed by atoms with Gasteiger partial charge in [0, 0.05) is 18.1 Å². The van der Waals surface area contributed by atoms with Crippen LogP contribution in [0.3, 0.4) is 0 Å². The van der Waals surface area contributed by atoms with Crippen molar-refractivity contribution in [3.63, 3.8) is 0 Å². The summed E-state index contributed by atoms with van der Waals surface area (Å²) < 4.78 is 0. The monoisotopic (exact) mass is 362 g/mol. The van der Waals surface area contributed by atoms with Gasteiger partial charge < -0.3 is 22.1 Å². The first-order chi connectivity index (χ1) is 13.0. The molecule has 8 heteroatoms. The number of hydrogen-bond acceptors (Lipinski definition) is 5. The van der Waals surface area contributed by atoms with E-state index in [-0.39, 0.29) is 11.6 Å². The summed E-state index contributed by atoms with van der Waals surface area (Å²) in [6.45, 7) is 0. The van der Waals surface area contributed by atoms with E-state index in [1.807, 2.05) is 12.1 Å². The summed E-state index contributed by atoms with van der Waals surface area (Å²) in [7, 11) is 0. The number of benzene rings is 1. The van der Waals surface area contributed by atoms with Crippen LogP contribution < -0.4 is 22.1 Å². The molecule has 6 N–H and O–H groups in total. The zero-order valence-corrected chi connectivity index (χ0v) is 14.3. The van der Waals surface area contributed by atoms with Gasteiger partial charge in [-0.1, -0.05) is 18.2 Å². The van der Waals surface area contributed by atoms with Gasteiger partial charge in [0.2, 0.25) is 0 Å². The lowest BCUT2D eigenvalue weighted by atomic mass is 9.99. The van der Waals surface area contributed by atoms with Crippen molar-refractivity contribution < 1.29 is 9.59 Å². The van der Waals surface area contributed by atoms with Gasteiger partial charge in [0.05, 0.1) is 17.9 Å². The maximum atomic E-state index is 12.3. The second-order valence-corrected chi connectivity index (χ2v) is 5.78. The van der Waals surface area contributed by atoms with E-state index in [2.05, 4.69) is 20.6 Å². The summed E-state index contributed by atoms with van der Waals surface area (Å²) in [5.41, 5.74) is 13.7. The van der Waals surface area contributed by atoms with Gasteiger partial charge in [-0.2, -0.15) is 0 Å². The molecule has 0 radical (unpaired) electrons. The Hall–Kier alpha value is -3.94. The van der Waals surface area contributed by atoms with Crippen molar-refractivity contribution in [2.24, 2.45) is 5.73 Å². The van der Waals surface area contributed by atoms with E-state index >= 15 is 0 Å². The number of urea groups is 1. The standard InChI is InChI=1S/C19H18N6O2/c20-14-6-7-16(23-11-14)18(26)24-15-5-1-3-12(9-15)17(25-19(21)27)13-4-2-8-22-10-13/h1-11,17H,20H2,(H,24,26)(H3,21,25,27). The number of nitrogen functional groups attached to an aromatic ring is 1. The summed E-state index contributed by atoms with van der Waals surface area (Å²) >= 11 is 0. The minimum Gasteiger partial charge on any atom is -0.397 e. The smallest absolute Gasteiger partial charge is 0.312 e. The number of pyridine rings is 2. The molecule has 8 nitrogen and oxygen atoms in total. The molecule has 3 amide bonds. The maximum absolute atomic E-state index is 12.3. The van der Waals surface area contributed by atoms with Gasteiger partial charge in [0.15, 0.2) is 0 Å². The molecule has 1 aromatic carbocycles. The van der Waals surface area contributed by atoms with Crippen LogP contribution in [-0.4, -0.2) is 21.9 Å². The van der Waals surface area contributed by atoms with Crippen LogP contribution in [0.1, 0.15) is 27.7 Å². The number of rotatable bonds is 5. The Balaban J connectivity index is 1.85. The van der Waals surface area contributed by atoms with Crippen molar-refractivity contribution in [1.82, 2.24) is 15.3 Å². The molecule has 2 heterocycles. The summed E-state index contributed by atoms with van der Waals surface area (Å²) in [6, 6.07) is 12.7. The molecule has 0 fully saturated rings. The van der Waals surface area contributed by atoms with Gasteiger partial charge in [-0.3, -0.25) is 9.78 Å². The quantitative estimate of drug-likeness (QED) is 0.551. The molecule has 0 aliphatic rings. The highest BCUT2D eigenvalue weighted by Crippen LogP contribution is 2.24. The molecular formula is C19H18N6O2. The first-order valence-corrected chi connectivity index (χ1v) is 8.11. The van der Waals surface area contributed by atoms with Gasteiger partial charge in [0.25, 0.3) is 5.91 Å². The van der Waals surface area contributed by atoms with E-state index in [1.165, 1.54) is 6.20 Å². The molecular weight excluding hydrogens is 344 g/mol. The average molecular weight is 362 g/mol. The van der Waals surface area contributed by atoms with E-state index < -0.39 is 12.1 Å². The number of nitrogens with two attached hydrogens (primary N) is 2. The Labute approximate surface area is 155 Å². The topological polar surface area (TPSA) is 136 Å². The number of carbonyl (C=O) groups excluding carboxylic acids is 2. The third kappa shape index (κ3) is 4.57. The Morgan fingerprint density at radius 3 is 2.48 bits per heavy atom. The van der Waals surface area contributed by atoms with E-state index in [1.54, 1.807) is 48.8 Å². The third-order valence-electron chi connectivity index (χ3n) is 3.80. The Morgan fingerprint density at radius 2 is 1.81 bits per heavy atom. The molecule has 3 aromatic rings. The summed E-state index contributed by atoms with van der Waals surface area (Å²) in [4.78, 5) is 31.8. The summed E-state index contributed by atoms with van der Waals surface area (Å²) in [6.07, 6.45) is 4.70. The Kier molecular flexibility index (Phi) is 5.27. The van der Waals surface area contributed by atoms with Gasteiger partial charge in [0.1, 0.15) is 5.69 Å². The molecule has 0 aliphatic carbocycles. The first-order valence-electron chi connectivity index (χ1n) is 8.11. The number of nitrogens with one attached hydrogen (secondary N) is 2. The lowest BCUT2D eigenvalue weighted by Gasteiger charge is -2.19. The molecule has 0 saturated heterocycles. The summed E-state index contributed by atoms with van der Waals surface area (Å²) in [5, 5.41) is 5.47. The Bertz CT molecular complexity index is 944. The highest BCUT2D eigenvalue weighted by atomic mass is 16.2. The largest absolute Gasteiger partial charge is 0.397 e. The van der Waals surface area contributed by atoms with Crippen LogP contribution in [0.25, 0.3) is 0 Å². The van der Waals surface area contributed by atoms with Gasteiger partial charge in [-0.05, 0) is 41.5 Å². The van der Waals surface area contributed by atoms with Crippen molar-refractivity contribution in [1.29, 1.82) is 0 Å². The zero-order chi connectivity index (χ0) is 19.2. The average Bonchev–Trinajstić information content (AvgIpc) is 2.67. The van der Waals surface area contributed by atoms with Crippen molar-refractivity contribution in [3.8, 4) is 0 Å². The van der Waals surface area contributed by atoms with Crippen LogP contribution in [0.15, 0.2) is 67.1 Å². The second kappa shape index (κ2) is 7.96. The lowest BCUT2D eigenvalue weighted by Crippen LogP contribution is -2.33. The number of anilines is 2. The molecule has 1 unspecified atom stereocenters. The molecule has 2 aromatic heterocycles. The maximum Gasteiger partial charge on any atom is 0.312 e. The van der Waals surface area contributed by atoms with Crippen LogP contribution in [-0.2, 0) is 0 Å².